The van der Waals surface area contributed by atoms with E-state index in [1.54, 1.807) is 6.07 Å². The molecule has 3 heteroatoms. The molecule has 0 spiro atoms. The molecule has 1 aliphatic rings. The number of rotatable bonds is 2. The molecule has 0 N–H and O–H groups in total. The van der Waals surface area contributed by atoms with E-state index in [9.17, 15) is 8.78 Å². The van der Waals surface area contributed by atoms with Crippen LogP contribution in [0.1, 0.15) is 37.2 Å². The molecule has 0 atom stereocenters. The fourth-order valence-corrected chi connectivity index (χ4v) is 3.42. The topological polar surface area (TPSA) is 0 Å². The largest absolute Gasteiger partial charge is 0.205 e. The van der Waals surface area contributed by atoms with Crippen LogP contribution in [0.4, 0.5) is 8.78 Å². The molecule has 1 saturated carbocycles. The van der Waals surface area contributed by atoms with Crippen LogP contribution in [0, 0.1) is 17.6 Å². The number of halogens is 3. The molecule has 0 amide bonds. The molecule has 2 aromatic carbocycles. The van der Waals surface area contributed by atoms with Gasteiger partial charge in [0.1, 0.15) is 10.8 Å². The van der Waals surface area contributed by atoms with Gasteiger partial charge >= 0.3 is 0 Å². The molecule has 3 rings (SSSR count). The summed E-state index contributed by atoms with van der Waals surface area (Å²) in [4.78, 5) is 0. The highest BCUT2D eigenvalue weighted by Crippen LogP contribution is 2.38. The molecule has 2 aromatic rings. The molecule has 1 fully saturated rings. The van der Waals surface area contributed by atoms with E-state index in [0.717, 1.165) is 31.2 Å². The Morgan fingerprint density at radius 1 is 1.10 bits per heavy atom. The smallest absolute Gasteiger partial charge is 0.152 e. The zero-order chi connectivity index (χ0) is 15.0. The summed E-state index contributed by atoms with van der Waals surface area (Å²) >= 11 is 5.62. The van der Waals surface area contributed by atoms with Crippen molar-refractivity contribution in [2.45, 2.75) is 31.6 Å². The lowest BCUT2D eigenvalue weighted by Gasteiger charge is -2.27. The number of allylic oxidation sites excluding steroid dienone is 1. The average Bonchev–Trinajstić information content (AvgIpc) is 2.52. The van der Waals surface area contributed by atoms with Crippen molar-refractivity contribution in [2.24, 2.45) is 5.92 Å². The van der Waals surface area contributed by atoms with Crippen LogP contribution in [-0.2, 0) is 0 Å². The zero-order valence-electron chi connectivity index (χ0n) is 11.7. The lowest BCUT2D eigenvalue weighted by molar-refractivity contribution is 0.376. The molecule has 0 bridgehead atoms. The first-order valence-corrected chi connectivity index (χ1v) is 7.67. The van der Waals surface area contributed by atoms with Gasteiger partial charge in [0.05, 0.1) is 0 Å². The van der Waals surface area contributed by atoms with E-state index in [4.69, 9.17) is 11.6 Å². The molecular formula is C18H17ClF2. The summed E-state index contributed by atoms with van der Waals surface area (Å²) < 4.78 is 27.5. The molecule has 0 saturated heterocycles. The number of hydrogen-bond acceptors (Lipinski definition) is 0. The highest BCUT2D eigenvalue weighted by molar-refractivity contribution is 6.31. The molecule has 0 unspecified atom stereocenters. The van der Waals surface area contributed by atoms with Crippen molar-refractivity contribution < 1.29 is 8.78 Å². The fourth-order valence-electron chi connectivity index (χ4n) is 3.27. The lowest BCUT2D eigenvalue weighted by atomic mass is 9.78. The Balaban J connectivity index is 1.95. The van der Waals surface area contributed by atoms with Crippen LogP contribution in [0.5, 0.6) is 0 Å². The van der Waals surface area contributed by atoms with E-state index in [0.29, 0.717) is 22.6 Å². The summed E-state index contributed by atoms with van der Waals surface area (Å²) in [6.45, 7) is 3.85. The van der Waals surface area contributed by atoms with Gasteiger partial charge in [-0.3, -0.25) is 0 Å². The standard InChI is InChI=1S/C18H17ClF2/c1-2-11-3-5-12(6-4-11)13-7-8-15-14(9-13)10-16(20)17(19)18(15)21/h2,7-12H,1,3-6H2. The van der Waals surface area contributed by atoms with Crippen LogP contribution in [0.15, 0.2) is 36.9 Å². The van der Waals surface area contributed by atoms with Gasteiger partial charge in [-0.2, -0.15) is 0 Å². The van der Waals surface area contributed by atoms with Gasteiger partial charge in [0.2, 0.25) is 0 Å². The van der Waals surface area contributed by atoms with Crippen molar-refractivity contribution in [3.63, 3.8) is 0 Å². The maximum absolute atomic E-state index is 13.9. The maximum atomic E-state index is 13.9. The third-order valence-electron chi connectivity index (χ3n) is 4.57. The van der Waals surface area contributed by atoms with Gasteiger partial charge in [0.25, 0.3) is 0 Å². The molecule has 110 valence electrons. The number of fused-ring (bicyclic) bond motifs is 1. The van der Waals surface area contributed by atoms with Crippen molar-refractivity contribution in [3.8, 4) is 0 Å². The third-order valence-corrected chi connectivity index (χ3v) is 4.92. The second-order valence-corrected chi connectivity index (χ2v) is 6.19. The van der Waals surface area contributed by atoms with Gasteiger partial charge in [-0.1, -0.05) is 35.9 Å². The maximum Gasteiger partial charge on any atom is 0.152 e. The average molecular weight is 307 g/mol. The molecule has 1 aliphatic carbocycles. The van der Waals surface area contributed by atoms with Crippen molar-refractivity contribution in [1.82, 2.24) is 0 Å². The van der Waals surface area contributed by atoms with Crippen LogP contribution in [0.3, 0.4) is 0 Å². The van der Waals surface area contributed by atoms with Crippen molar-refractivity contribution in [3.05, 3.63) is 59.1 Å². The molecule has 0 nitrogen and oxygen atoms in total. The highest BCUT2D eigenvalue weighted by Gasteiger charge is 2.21. The minimum absolute atomic E-state index is 0.380. The second kappa shape index (κ2) is 5.76. The van der Waals surface area contributed by atoms with Gasteiger partial charge < -0.3 is 0 Å². The fraction of sp³-hybridized carbons (Fsp3) is 0.333. The van der Waals surface area contributed by atoms with Crippen LogP contribution in [0.2, 0.25) is 5.02 Å². The van der Waals surface area contributed by atoms with Gasteiger partial charge in [0.15, 0.2) is 5.82 Å². The van der Waals surface area contributed by atoms with Gasteiger partial charge in [-0.15, -0.1) is 6.58 Å². The monoisotopic (exact) mass is 306 g/mol. The first-order chi connectivity index (χ1) is 10.1. The zero-order valence-corrected chi connectivity index (χ0v) is 12.5. The minimum atomic E-state index is -0.700. The summed E-state index contributed by atoms with van der Waals surface area (Å²) in [7, 11) is 0. The van der Waals surface area contributed by atoms with Crippen LogP contribution in [-0.4, -0.2) is 0 Å². The quantitative estimate of drug-likeness (QED) is 0.455. The van der Waals surface area contributed by atoms with Crippen LogP contribution >= 0.6 is 11.6 Å². The van der Waals surface area contributed by atoms with E-state index in [1.807, 2.05) is 18.2 Å². The first kappa shape index (κ1) is 14.5. The van der Waals surface area contributed by atoms with Gasteiger partial charge in [-0.05, 0) is 54.5 Å². The lowest BCUT2D eigenvalue weighted by Crippen LogP contribution is -2.11. The van der Waals surface area contributed by atoms with Crippen LogP contribution in [0.25, 0.3) is 10.8 Å². The molecule has 0 radical (unpaired) electrons. The van der Waals surface area contributed by atoms with E-state index >= 15 is 0 Å². The van der Waals surface area contributed by atoms with E-state index in [-0.39, 0.29) is 0 Å². The molecule has 0 aliphatic heterocycles. The van der Waals surface area contributed by atoms with E-state index in [2.05, 4.69) is 6.58 Å². The summed E-state index contributed by atoms with van der Waals surface area (Å²) in [6.07, 6.45) is 6.50. The van der Waals surface area contributed by atoms with Crippen molar-refractivity contribution >= 4 is 22.4 Å². The predicted octanol–water partition coefficient (Wildman–Crippen LogP) is 6.23. The summed E-state index contributed by atoms with van der Waals surface area (Å²) in [5, 5.41) is 0.532. The second-order valence-electron chi connectivity index (χ2n) is 5.81. The molecule has 0 aromatic heterocycles. The number of benzene rings is 2. The molecular weight excluding hydrogens is 290 g/mol. The molecule has 21 heavy (non-hydrogen) atoms. The van der Waals surface area contributed by atoms with Gasteiger partial charge in [-0.25, -0.2) is 8.78 Å². The first-order valence-electron chi connectivity index (χ1n) is 7.30. The van der Waals surface area contributed by atoms with E-state index in [1.165, 1.54) is 6.07 Å². The van der Waals surface area contributed by atoms with Gasteiger partial charge in [0, 0.05) is 5.39 Å². The Labute approximate surface area is 128 Å². The Morgan fingerprint density at radius 2 is 1.81 bits per heavy atom. The normalized spacial score (nSPS) is 22.4. The molecule has 0 heterocycles. The highest BCUT2D eigenvalue weighted by atomic mass is 35.5. The SMILES string of the molecule is C=CC1CCC(c2ccc3c(F)c(Cl)c(F)cc3c2)CC1. The Hall–Kier alpha value is -1.41. The summed E-state index contributed by atoms with van der Waals surface area (Å²) in [5.74, 6) is -0.300. The third kappa shape index (κ3) is 2.69. The number of hydrogen-bond donors (Lipinski definition) is 0. The Kier molecular flexibility index (Phi) is 3.99. The summed E-state index contributed by atoms with van der Waals surface area (Å²) in [6, 6.07) is 6.87. The van der Waals surface area contributed by atoms with Crippen LogP contribution < -0.4 is 0 Å². The van der Waals surface area contributed by atoms with Crippen molar-refractivity contribution in [1.29, 1.82) is 0 Å². The Bertz CT molecular complexity index is 685. The predicted molar refractivity (Wildman–Crippen MR) is 83.8 cm³/mol. The summed E-state index contributed by atoms with van der Waals surface area (Å²) in [5.41, 5.74) is 1.16. The van der Waals surface area contributed by atoms with Crippen molar-refractivity contribution in [2.75, 3.05) is 0 Å². The Morgan fingerprint density at radius 3 is 2.48 bits per heavy atom. The van der Waals surface area contributed by atoms with E-state index < -0.39 is 16.7 Å². The minimum Gasteiger partial charge on any atom is -0.205 e.